The van der Waals surface area contributed by atoms with E-state index in [0.29, 0.717) is 21.5 Å². The van der Waals surface area contributed by atoms with Gasteiger partial charge >= 0.3 is 0 Å². The molecule has 0 aliphatic heterocycles. The molecule has 0 spiro atoms. The second kappa shape index (κ2) is 10.3. The molecule has 0 fully saturated rings. The summed E-state index contributed by atoms with van der Waals surface area (Å²) in [7, 11) is 0. The van der Waals surface area contributed by atoms with Gasteiger partial charge in [-0.1, -0.05) is 55.2 Å². The molecule has 8 heteroatoms. The second-order valence-electron chi connectivity index (χ2n) is 7.77. The maximum Gasteiger partial charge on any atom is 0.261 e. The van der Waals surface area contributed by atoms with Crippen molar-refractivity contribution < 1.29 is 4.79 Å². The number of thiophene rings is 1. The molecule has 5 nitrogen and oxygen atoms in total. The summed E-state index contributed by atoms with van der Waals surface area (Å²) in [6, 6.07) is 17.3. The predicted octanol–water partition coefficient (Wildman–Crippen LogP) is 6.52. The molecule has 0 saturated heterocycles. The normalized spacial score (nSPS) is 12.4. The van der Waals surface area contributed by atoms with E-state index >= 15 is 0 Å². The number of nitrogens with zero attached hydrogens (tertiary/aromatic N) is 3. The summed E-state index contributed by atoms with van der Waals surface area (Å²) in [6.45, 7) is 8.39. The monoisotopic (exact) mass is 500 g/mol. The average molecular weight is 501 g/mol. The van der Waals surface area contributed by atoms with E-state index in [-0.39, 0.29) is 11.9 Å². The number of hydrogen-bond donors (Lipinski definition) is 1. The Bertz CT molecular complexity index is 1260. The third-order valence-electron chi connectivity index (χ3n) is 5.81. The molecule has 4 rings (SSSR count). The zero-order valence-corrected chi connectivity index (χ0v) is 21.1. The largest absolute Gasteiger partial charge is 0.349 e. The van der Waals surface area contributed by atoms with E-state index in [9.17, 15) is 4.79 Å². The van der Waals surface area contributed by atoms with Gasteiger partial charge in [0.15, 0.2) is 0 Å². The van der Waals surface area contributed by atoms with Crippen molar-refractivity contribution in [3.8, 4) is 5.69 Å². The van der Waals surface area contributed by atoms with Crippen LogP contribution in [0.3, 0.4) is 0 Å². The van der Waals surface area contributed by atoms with Crippen LogP contribution in [0.2, 0.25) is 10.0 Å². The van der Waals surface area contributed by atoms with Gasteiger partial charge in [-0.25, -0.2) is 4.68 Å². The van der Waals surface area contributed by atoms with Crippen LogP contribution < -0.4 is 5.32 Å². The first-order chi connectivity index (χ1) is 15.9. The van der Waals surface area contributed by atoms with Crippen molar-refractivity contribution in [1.82, 2.24) is 20.0 Å². The zero-order valence-electron chi connectivity index (χ0n) is 18.8. The summed E-state index contributed by atoms with van der Waals surface area (Å²) in [5, 5.41) is 10.1. The van der Waals surface area contributed by atoms with E-state index in [0.717, 1.165) is 40.3 Å². The minimum atomic E-state index is -0.0949. The molecule has 2 aromatic carbocycles. The lowest BCUT2D eigenvalue weighted by Gasteiger charge is -2.30. The summed E-state index contributed by atoms with van der Waals surface area (Å²) >= 11 is 14.0. The predicted molar refractivity (Wildman–Crippen MR) is 138 cm³/mol. The van der Waals surface area contributed by atoms with Crippen molar-refractivity contribution in [2.75, 3.05) is 19.6 Å². The topological polar surface area (TPSA) is 50.2 Å². The fourth-order valence-electron chi connectivity index (χ4n) is 4.04. The summed E-state index contributed by atoms with van der Waals surface area (Å²) in [4.78, 5) is 17.0. The highest BCUT2D eigenvalue weighted by Gasteiger charge is 2.23. The number of fused-ring (bicyclic) bond motifs is 1. The zero-order chi connectivity index (χ0) is 23.5. The number of halogens is 2. The molecular weight excluding hydrogens is 475 g/mol. The van der Waals surface area contributed by atoms with E-state index in [1.165, 1.54) is 11.3 Å². The van der Waals surface area contributed by atoms with Crippen LogP contribution in [0.25, 0.3) is 15.9 Å². The van der Waals surface area contributed by atoms with E-state index in [1.54, 1.807) is 0 Å². The van der Waals surface area contributed by atoms with Crippen LogP contribution in [0.4, 0.5) is 0 Å². The second-order valence-corrected chi connectivity index (χ2v) is 9.65. The van der Waals surface area contributed by atoms with Crippen LogP contribution >= 0.6 is 34.5 Å². The molecule has 0 radical (unpaired) electrons. The fraction of sp³-hybridized carbons (Fsp3) is 0.280. The molecule has 0 aliphatic rings. The molecule has 2 aromatic heterocycles. The Balaban J connectivity index is 1.58. The molecule has 33 heavy (non-hydrogen) atoms. The molecule has 172 valence electrons. The first-order valence-electron chi connectivity index (χ1n) is 10.9. The average Bonchev–Trinajstić information content (AvgIpc) is 3.38. The SMILES string of the molecule is CCN(CC)[C@H](CNC(=O)c1cc2c(C)nn(-c3ccc(Cl)cc3)c2s1)c1ccccc1Cl. The van der Waals surface area contributed by atoms with Gasteiger partial charge in [0.1, 0.15) is 4.83 Å². The van der Waals surface area contributed by atoms with Gasteiger partial charge in [0.05, 0.1) is 22.3 Å². The standard InChI is InChI=1S/C25H26Cl2N4OS/c1-4-30(5-2)22(19-8-6-7-9-21(19)27)15-28-24(32)23-14-20-16(3)29-31(25(20)33-23)18-12-10-17(26)11-13-18/h6-14,22H,4-5,15H2,1-3H3,(H,28,32)/t22-/m1/s1. The number of aryl methyl sites for hydroxylation is 1. The van der Waals surface area contributed by atoms with Gasteiger partial charge in [0.2, 0.25) is 0 Å². The Labute approximate surface area is 207 Å². The van der Waals surface area contributed by atoms with Crippen LogP contribution in [-0.4, -0.2) is 40.2 Å². The van der Waals surface area contributed by atoms with Gasteiger partial charge in [-0.15, -0.1) is 11.3 Å². The van der Waals surface area contributed by atoms with Crippen LogP contribution in [0.5, 0.6) is 0 Å². The molecule has 4 aromatic rings. The molecule has 0 bridgehead atoms. The van der Waals surface area contributed by atoms with E-state index in [1.807, 2.05) is 66.2 Å². The highest BCUT2D eigenvalue weighted by atomic mass is 35.5. The quantitative estimate of drug-likeness (QED) is 0.299. The molecule has 1 N–H and O–H groups in total. The summed E-state index contributed by atoms with van der Waals surface area (Å²) in [6.07, 6.45) is 0. The Kier molecular flexibility index (Phi) is 7.39. The molecule has 1 amide bonds. The van der Waals surface area contributed by atoms with Crippen molar-refractivity contribution in [3.05, 3.63) is 80.8 Å². The van der Waals surface area contributed by atoms with Crippen LogP contribution in [-0.2, 0) is 0 Å². The van der Waals surface area contributed by atoms with E-state index in [2.05, 4.69) is 29.2 Å². The third-order valence-corrected chi connectivity index (χ3v) is 7.52. The number of carbonyl (C=O) groups is 1. The molecule has 0 aliphatic carbocycles. The van der Waals surface area contributed by atoms with Gasteiger partial charge < -0.3 is 5.32 Å². The lowest BCUT2D eigenvalue weighted by atomic mass is 10.0. The smallest absolute Gasteiger partial charge is 0.261 e. The summed E-state index contributed by atoms with van der Waals surface area (Å²) in [5.41, 5.74) is 2.81. The molecule has 2 heterocycles. The Morgan fingerprint density at radius 3 is 2.48 bits per heavy atom. The van der Waals surface area contributed by atoms with Crippen molar-refractivity contribution in [3.63, 3.8) is 0 Å². The number of aromatic nitrogens is 2. The summed E-state index contributed by atoms with van der Waals surface area (Å²) in [5.74, 6) is -0.0949. The van der Waals surface area contributed by atoms with Crippen molar-refractivity contribution in [2.24, 2.45) is 0 Å². The van der Waals surface area contributed by atoms with Crippen molar-refractivity contribution >= 4 is 50.7 Å². The van der Waals surface area contributed by atoms with Gasteiger partial charge in [0, 0.05) is 22.0 Å². The lowest BCUT2D eigenvalue weighted by Crippen LogP contribution is -2.38. The number of nitrogens with one attached hydrogen (secondary N) is 1. The Morgan fingerprint density at radius 1 is 1.12 bits per heavy atom. The highest BCUT2D eigenvalue weighted by Crippen LogP contribution is 2.31. The molecular formula is C25H26Cl2N4OS. The minimum Gasteiger partial charge on any atom is -0.349 e. The van der Waals surface area contributed by atoms with Crippen LogP contribution in [0.15, 0.2) is 54.6 Å². The first kappa shape index (κ1) is 23.8. The number of carbonyl (C=O) groups excluding carboxylic acids is 1. The number of rotatable bonds is 8. The third kappa shape index (κ3) is 4.94. The molecule has 0 saturated carbocycles. The van der Waals surface area contributed by atoms with Gasteiger partial charge in [0.25, 0.3) is 5.91 Å². The van der Waals surface area contributed by atoms with Gasteiger partial charge in [-0.3, -0.25) is 9.69 Å². The van der Waals surface area contributed by atoms with E-state index < -0.39 is 0 Å². The number of benzene rings is 2. The first-order valence-corrected chi connectivity index (χ1v) is 12.5. The van der Waals surface area contributed by atoms with Gasteiger partial charge in [-0.2, -0.15) is 5.10 Å². The minimum absolute atomic E-state index is 0.00155. The lowest BCUT2D eigenvalue weighted by molar-refractivity contribution is 0.0939. The highest BCUT2D eigenvalue weighted by molar-refractivity contribution is 7.20. The van der Waals surface area contributed by atoms with E-state index in [4.69, 9.17) is 23.2 Å². The van der Waals surface area contributed by atoms with Crippen LogP contribution in [0.1, 0.15) is 40.8 Å². The molecule has 1 atom stereocenters. The maximum absolute atomic E-state index is 13.1. The molecule has 0 unspecified atom stereocenters. The number of amides is 1. The Morgan fingerprint density at radius 2 is 1.82 bits per heavy atom. The van der Waals surface area contributed by atoms with Gasteiger partial charge in [-0.05, 0) is 62.0 Å². The number of likely N-dealkylation sites (N-methyl/N-ethyl adjacent to an activating group) is 1. The number of hydrogen-bond acceptors (Lipinski definition) is 4. The van der Waals surface area contributed by atoms with Crippen LogP contribution in [0, 0.1) is 6.92 Å². The maximum atomic E-state index is 13.1. The Hall–Kier alpha value is -2.38. The van der Waals surface area contributed by atoms with Crippen molar-refractivity contribution in [2.45, 2.75) is 26.8 Å². The van der Waals surface area contributed by atoms with Crippen molar-refractivity contribution in [1.29, 1.82) is 0 Å². The summed E-state index contributed by atoms with van der Waals surface area (Å²) < 4.78 is 1.87. The fourth-order valence-corrected chi connectivity index (χ4v) is 5.53.